The molecule has 2 N–H and O–H groups in total. The van der Waals surface area contributed by atoms with E-state index in [2.05, 4.69) is 88.6 Å². The van der Waals surface area contributed by atoms with Crippen LogP contribution in [0, 0.1) is 0 Å². The van der Waals surface area contributed by atoms with Crippen LogP contribution >= 0.6 is 0 Å². The van der Waals surface area contributed by atoms with E-state index in [1.165, 1.54) is 0 Å². The molecule has 0 saturated carbocycles. The summed E-state index contributed by atoms with van der Waals surface area (Å²) in [7, 11) is 4.07. The summed E-state index contributed by atoms with van der Waals surface area (Å²) in [5.74, 6) is 1.53. The SMILES string of the molecule is CC(C)N(CCNc1ncnc2c1nc(Nc1cccc(N(C)C)c1)n2C(C)C)C(C)C. The number of anilines is 4. The largest absolute Gasteiger partial charge is 0.378 e. The van der Waals surface area contributed by atoms with Crippen LogP contribution in [-0.2, 0) is 0 Å². The molecule has 8 nitrogen and oxygen atoms in total. The van der Waals surface area contributed by atoms with Crippen LogP contribution in [0.15, 0.2) is 30.6 Å². The molecule has 0 radical (unpaired) electrons. The van der Waals surface area contributed by atoms with Crippen LogP contribution in [-0.4, -0.2) is 63.7 Å². The Bertz CT molecular complexity index is 1010. The summed E-state index contributed by atoms with van der Waals surface area (Å²) in [4.78, 5) is 18.5. The summed E-state index contributed by atoms with van der Waals surface area (Å²) < 4.78 is 2.12. The fourth-order valence-corrected chi connectivity index (χ4v) is 4.02. The lowest BCUT2D eigenvalue weighted by Crippen LogP contribution is -2.40. The Balaban J connectivity index is 1.89. The summed E-state index contributed by atoms with van der Waals surface area (Å²) in [6.07, 6.45) is 1.62. The third kappa shape index (κ3) is 5.30. The highest BCUT2D eigenvalue weighted by Crippen LogP contribution is 2.29. The molecule has 0 unspecified atom stereocenters. The zero-order valence-electron chi connectivity index (χ0n) is 20.7. The lowest BCUT2D eigenvalue weighted by Gasteiger charge is -2.30. The van der Waals surface area contributed by atoms with E-state index < -0.39 is 0 Å². The highest BCUT2D eigenvalue weighted by atomic mass is 15.3. The highest BCUT2D eigenvalue weighted by Gasteiger charge is 2.19. The zero-order valence-corrected chi connectivity index (χ0v) is 20.7. The van der Waals surface area contributed by atoms with Crippen molar-refractivity contribution in [3.63, 3.8) is 0 Å². The molecular formula is C24H38N8. The van der Waals surface area contributed by atoms with E-state index >= 15 is 0 Å². The standard InChI is InChI=1S/C24H38N8/c1-16(2)31(17(3)4)13-12-25-22-21-23(27-15-26-22)32(18(5)6)24(29-21)28-19-10-9-11-20(14-19)30(7)8/h9-11,14-18H,12-13H2,1-8H3,(H,28,29)(H,25,26,27). The number of hydrogen-bond donors (Lipinski definition) is 2. The molecule has 0 amide bonds. The van der Waals surface area contributed by atoms with E-state index in [4.69, 9.17) is 4.98 Å². The number of imidazole rings is 1. The number of hydrogen-bond acceptors (Lipinski definition) is 7. The average molecular weight is 439 g/mol. The fourth-order valence-electron chi connectivity index (χ4n) is 4.02. The van der Waals surface area contributed by atoms with Crippen LogP contribution in [0.25, 0.3) is 11.2 Å². The van der Waals surface area contributed by atoms with Crippen LogP contribution < -0.4 is 15.5 Å². The fraction of sp³-hybridized carbons (Fsp3) is 0.542. The predicted molar refractivity (Wildman–Crippen MR) is 135 cm³/mol. The van der Waals surface area contributed by atoms with Crippen molar-refractivity contribution in [2.24, 2.45) is 0 Å². The predicted octanol–water partition coefficient (Wildman–Crippen LogP) is 4.75. The quantitative estimate of drug-likeness (QED) is 0.473. The second-order valence-electron chi connectivity index (χ2n) is 9.22. The minimum atomic E-state index is 0.194. The first-order valence-corrected chi connectivity index (χ1v) is 11.5. The second-order valence-corrected chi connectivity index (χ2v) is 9.22. The van der Waals surface area contributed by atoms with Crippen molar-refractivity contribution in [1.29, 1.82) is 0 Å². The van der Waals surface area contributed by atoms with Gasteiger partial charge in [-0.25, -0.2) is 15.0 Å². The first kappa shape index (κ1) is 23.8. The average Bonchev–Trinajstić information content (AvgIpc) is 3.09. The van der Waals surface area contributed by atoms with E-state index in [0.717, 1.165) is 47.4 Å². The molecule has 0 aliphatic rings. The van der Waals surface area contributed by atoms with Gasteiger partial charge in [-0.05, 0) is 59.7 Å². The molecule has 0 aliphatic carbocycles. The third-order valence-corrected chi connectivity index (χ3v) is 5.60. The van der Waals surface area contributed by atoms with Gasteiger partial charge in [0, 0.05) is 56.7 Å². The Hall–Kier alpha value is -2.87. The maximum atomic E-state index is 4.91. The van der Waals surface area contributed by atoms with Gasteiger partial charge in [-0.3, -0.25) is 9.47 Å². The molecule has 0 bridgehead atoms. The second kappa shape index (κ2) is 10.2. The highest BCUT2D eigenvalue weighted by molar-refractivity contribution is 5.86. The van der Waals surface area contributed by atoms with Gasteiger partial charge < -0.3 is 15.5 Å². The first-order chi connectivity index (χ1) is 15.2. The molecule has 0 spiro atoms. The zero-order chi connectivity index (χ0) is 23.4. The third-order valence-electron chi connectivity index (χ3n) is 5.60. The van der Waals surface area contributed by atoms with Crippen molar-refractivity contribution >= 4 is 34.3 Å². The molecular weight excluding hydrogens is 400 g/mol. The number of benzene rings is 1. The minimum absolute atomic E-state index is 0.194. The molecule has 3 aromatic rings. The number of rotatable bonds is 10. The van der Waals surface area contributed by atoms with Gasteiger partial charge in [0.1, 0.15) is 6.33 Å². The molecule has 0 saturated heterocycles. The van der Waals surface area contributed by atoms with Crippen molar-refractivity contribution in [1.82, 2.24) is 24.4 Å². The summed E-state index contributed by atoms with van der Waals surface area (Å²) in [6, 6.07) is 9.48. The van der Waals surface area contributed by atoms with E-state index in [0.29, 0.717) is 12.1 Å². The Morgan fingerprint density at radius 2 is 1.72 bits per heavy atom. The van der Waals surface area contributed by atoms with Gasteiger partial charge in [-0.15, -0.1) is 0 Å². The van der Waals surface area contributed by atoms with Gasteiger partial charge in [0.2, 0.25) is 5.95 Å². The van der Waals surface area contributed by atoms with E-state index in [9.17, 15) is 0 Å². The van der Waals surface area contributed by atoms with E-state index in [1.54, 1.807) is 6.33 Å². The molecule has 0 aliphatic heterocycles. The van der Waals surface area contributed by atoms with Crippen LogP contribution in [0.3, 0.4) is 0 Å². The molecule has 0 fully saturated rings. The Kier molecular flexibility index (Phi) is 7.56. The summed E-state index contributed by atoms with van der Waals surface area (Å²) in [5.41, 5.74) is 3.73. The number of aromatic nitrogens is 4. The summed E-state index contributed by atoms with van der Waals surface area (Å²) >= 11 is 0. The molecule has 2 aromatic heterocycles. The topological polar surface area (TPSA) is 74.1 Å². The lowest BCUT2D eigenvalue weighted by molar-refractivity contribution is 0.182. The van der Waals surface area contributed by atoms with Crippen LogP contribution in [0.4, 0.5) is 23.1 Å². The molecule has 1 aromatic carbocycles. The smallest absolute Gasteiger partial charge is 0.210 e. The minimum Gasteiger partial charge on any atom is -0.378 e. The van der Waals surface area contributed by atoms with Crippen molar-refractivity contribution in [2.75, 3.05) is 42.7 Å². The van der Waals surface area contributed by atoms with E-state index in [1.807, 2.05) is 26.2 Å². The van der Waals surface area contributed by atoms with Crippen LogP contribution in [0.1, 0.15) is 47.6 Å². The summed E-state index contributed by atoms with van der Waals surface area (Å²) in [6.45, 7) is 14.9. The van der Waals surface area contributed by atoms with Gasteiger partial charge >= 0.3 is 0 Å². The number of fused-ring (bicyclic) bond motifs is 1. The van der Waals surface area contributed by atoms with Gasteiger partial charge in [0.25, 0.3) is 0 Å². The maximum absolute atomic E-state index is 4.91. The van der Waals surface area contributed by atoms with Crippen molar-refractivity contribution in [2.45, 2.75) is 59.7 Å². The van der Waals surface area contributed by atoms with Gasteiger partial charge in [-0.2, -0.15) is 0 Å². The Morgan fingerprint density at radius 3 is 2.34 bits per heavy atom. The van der Waals surface area contributed by atoms with Crippen molar-refractivity contribution < 1.29 is 0 Å². The molecule has 174 valence electrons. The van der Waals surface area contributed by atoms with Gasteiger partial charge in [0.05, 0.1) is 0 Å². The normalized spacial score (nSPS) is 11.9. The van der Waals surface area contributed by atoms with Gasteiger partial charge in [0.15, 0.2) is 17.0 Å². The molecule has 0 atom stereocenters. The Labute approximate surface area is 192 Å². The van der Waals surface area contributed by atoms with Crippen molar-refractivity contribution in [3.8, 4) is 0 Å². The summed E-state index contributed by atoms with van der Waals surface area (Å²) in [5, 5.41) is 6.98. The first-order valence-electron chi connectivity index (χ1n) is 11.5. The van der Waals surface area contributed by atoms with Crippen molar-refractivity contribution in [3.05, 3.63) is 30.6 Å². The van der Waals surface area contributed by atoms with Crippen LogP contribution in [0.5, 0.6) is 0 Å². The molecule has 3 rings (SSSR count). The molecule has 2 heterocycles. The monoisotopic (exact) mass is 438 g/mol. The number of nitrogens with zero attached hydrogens (tertiary/aromatic N) is 6. The maximum Gasteiger partial charge on any atom is 0.210 e. The molecule has 32 heavy (non-hydrogen) atoms. The van der Waals surface area contributed by atoms with Gasteiger partial charge in [-0.1, -0.05) is 6.07 Å². The number of nitrogens with one attached hydrogen (secondary N) is 2. The van der Waals surface area contributed by atoms with Crippen LogP contribution in [0.2, 0.25) is 0 Å². The Morgan fingerprint density at radius 1 is 1.00 bits per heavy atom. The van der Waals surface area contributed by atoms with E-state index in [-0.39, 0.29) is 6.04 Å². The molecule has 8 heteroatoms. The lowest BCUT2D eigenvalue weighted by atomic mass is 10.2.